The first-order chi connectivity index (χ1) is 15.8. The van der Waals surface area contributed by atoms with Gasteiger partial charge in [0.1, 0.15) is 11.3 Å². The van der Waals surface area contributed by atoms with Crippen molar-refractivity contribution in [2.75, 3.05) is 38.3 Å². The summed E-state index contributed by atoms with van der Waals surface area (Å²) in [4.78, 5) is 26.0. The van der Waals surface area contributed by atoms with Crippen LogP contribution in [0.5, 0.6) is 5.75 Å². The maximum Gasteiger partial charge on any atom is 0.341 e. The molecule has 0 unspecified atom stereocenters. The third kappa shape index (κ3) is 6.16. The highest BCUT2D eigenvalue weighted by atomic mass is 16.5. The minimum atomic E-state index is -1.19. The number of carboxylic acids is 1. The Morgan fingerprint density at radius 2 is 1.79 bits per heavy atom. The monoisotopic (exact) mass is 456 g/mol. The Morgan fingerprint density at radius 1 is 1.09 bits per heavy atom. The molecule has 0 saturated carbocycles. The summed E-state index contributed by atoms with van der Waals surface area (Å²) in [6.45, 7) is 10.3. The van der Waals surface area contributed by atoms with Crippen LogP contribution < -0.4 is 15.1 Å². The van der Waals surface area contributed by atoms with Gasteiger partial charge in [0.15, 0.2) is 5.43 Å². The minimum Gasteiger partial charge on any atom is -0.491 e. The van der Waals surface area contributed by atoms with Crippen LogP contribution in [-0.2, 0) is 17.7 Å². The number of hydrogen-bond donors (Lipinski definition) is 1. The molecule has 2 aromatic rings. The molecule has 0 atom stereocenters. The molecule has 1 aromatic carbocycles. The second-order valence-corrected chi connectivity index (χ2v) is 9.28. The molecule has 7 heteroatoms. The van der Waals surface area contributed by atoms with Crippen molar-refractivity contribution >= 4 is 11.7 Å². The molecule has 7 nitrogen and oxygen atoms in total. The van der Waals surface area contributed by atoms with E-state index < -0.39 is 11.4 Å². The highest BCUT2D eigenvalue weighted by Crippen LogP contribution is 2.40. The zero-order valence-corrected chi connectivity index (χ0v) is 20.2. The number of fused-ring (bicyclic) bond motifs is 3. The largest absolute Gasteiger partial charge is 0.491 e. The minimum absolute atomic E-state index is 0.185. The first-order valence-corrected chi connectivity index (χ1v) is 11.8. The molecule has 0 bridgehead atoms. The predicted octanol–water partition coefficient (Wildman–Crippen LogP) is 4.45. The van der Waals surface area contributed by atoms with Crippen molar-refractivity contribution in [3.8, 4) is 17.0 Å². The summed E-state index contributed by atoms with van der Waals surface area (Å²) in [5.41, 5.74) is 3.28. The van der Waals surface area contributed by atoms with Gasteiger partial charge in [0.25, 0.3) is 0 Å². The van der Waals surface area contributed by atoms with Crippen molar-refractivity contribution in [3.63, 3.8) is 0 Å². The number of aromatic carboxylic acids is 1. The molecule has 0 amide bonds. The van der Waals surface area contributed by atoms with Gasteiger partial charge in [-0.25, -0.2) is 4.79 Å². The topological polar surface area (TPSA) is 81.0 Å². The van der Waals surface area contributed by atoms with Crippen LogP contribution >= 0.6 is 0 Å². The van der Waals surface area contributed by atoms with Gasteiger partial charge in [0.05, 0.1) is 18.0 Å². The fourth-order valence-electron chi connectivity index (χ4n) is 4.15. The summed E-state index contributed by atoms with van der Waals surface area (Å²) in [5, 5.41) is 9.26. The maximum atomic E-state index is 12.3. The number of aromatic nitrogens is 1. The molecule has 2 aliphatic heterocycles. The molecule has 4 rings (SSSR count). The van der Waals surface area contributed by atoms with Gasteiger partial charge < -0.3 is 24.0 Å². The van der Waals surface area contributed by atoms with E-state index >= 15 is 0 Å². The lowest BCUT2D eigenvalue weighted by atomic mass is 9.95. The quantitative estimate of drug-likeness (QED) is 0.620. The lowest BCUT2D eigenvalue weighted by molar-refractivity contribution is 0.0694. The van der Waals surface area contributed by atoms with E-state index in [1.165, 1.54) is 12.3 Å². The molecule has 1 N–H and O–H groups in total. The van der Waals surface area contributed by atoms with E-state index in [9.17, 15) is 14.7 Å². The number of pyridine rings is 1. The molecular weight excluding hydrogens is 420 g/mol. The van der Waals surface area contributed by atoms with Crippen molar-refractivity contribution in [3.05, 3.63) is 45.7 Å². The number of ether oxygens (including phenoxy) is 2. The Labute approximate surface area is 195 Å². The van der Waals surface area contributed by atoms with E-state index in [-0.39, 0.29) is 5.56 Å². The van der Waals surface area contributed by atoms with Crippen molar-refractivity contribution < 1.29 is 19.4 Å². The average Bonchev–Trinajstić information content (AvgIpc) is 3.30. The predicted molar refractivity (Wildman–Crippen MR) is 131 cm³/mol. The first kappa shape index (κ1) is 24.8. The molecule has 1 saturated heterocycles. The fourth-order valence-corrected chi connectivity index (χ4v) is 4.15. The summed E-state index contributed by atoms with van der Waals surface area (Å²) in [7, 11) is 1.68. The van der Waals surface area contributed by atoms with Gasteiger partial charge in [-0.15, -0.1) is 0 Å². The molecule has 3 heterocycles. The van der Waals surface area contributed by atoms with Gasteiger partial charge in [-0.2, -0.15) is 0 Å². The third-order valence-electron chi connectivity index (χ3n) is 5.64. The second kappa shape index (κ2) is 11.4. The van der Waals surface area contributed by atoms with Gasteiger partial charge in [0, 0.05) is 57.6 Å². The number of nitrogens with zero attached hydrogens (tertiary/aromatic N) is 2. The summed E-state index contributed by atoms with van der Waals surface area (Å²) >= 11 is 0. The number of carbonyl (C=O) groups is 1. The van der Waals surface area contributed by atoms with E-state index in [0.29, 0.717) is 19.8 Å². The van der Waals surface area contributed by atoms with E-state index in [1.54, 1.807) is 7.11 Å². The molecule has 0 spiro atoms. The average molecular weight is 457 g/mol. The lowest BCUT2D eigenvalue weighted by Crippen LogP contribution is -2.23. The lowest BCUT2D eigenvalue weighted by Gasteiger charge is -2.28. The standard InChI is InChI=1S/C22H26N2O5.C4H10/c1-28-9-4-10-29-21-11-15-5-8-24-14-17(22(26)27)20(25)13-18(24)16(15)12-19(21)23-6-2-3-7-23;1-4(2)3/h11-14H,2-10H2,1H3,(H,26,27);4H,1-3H3. The Kier molecular flexibility index (Phi) is 8.55. The number of carboxylic acid groups (broad SMARTS) is 1. The van der Waals surface area contributed by atoms with Gasteiger partial charge >= 0.3 is 5.97 Å². The van der Waals surface area contributed by atoms with Crippen LogP contribution in [0.1, 0.15) is 56.0 Å². The second-order valence-electron chi connectivity index (χ2n) is 9.28. The number of benzene rings is 1. The van der Waals surface area contributed by atoms with Crippen LogP contribution in [-0.4, -0.2) is 49.1 Å². The summed E-state index contributed by atoms with van der Waals surface area (Å²) in [6, 6.07) is 5.65. The third-order valence-corrected chi connectivity index (χ3v) is 5.64. The van der Waals surface area contributed by atoms with Crippen LogP contribution in [0.4, 0.5) is 5.69 Å². The number of rotatable bonds is 7. The summed E-state index contributed by atoms with van der Waals surface area (Å²) in [5.74, 6) is 0.522. The number of aryl methyl sites for hydroxylation is 2. The Bertz CT molecular complexity index is 1020. The molecule has 33 heavy (non-hydrogen) atoms. The van der Waals surface area contributed by atoms with Gasteiger partial charge in [-0.05, 0) is 42.9 Å². The van der Waals surface area contributed by atoms with E-state index in [2.05, 4.69) is 37.8 Å². The van der Waals surface area contributed by atoms with Crippen molar-refractivity contribution in [1.29, 1.82) is 0 Å². The Balaban J connectivity index is 0.000000709. The first-order valence-electron chi connectivity index (χ1n) is 11.8. The highest BCUT2D eigenvalue weighted by molar-refractivity contribution is 5.88. The zero-order valence-electron chi connectivity index (χ0n) is 20.2. The number of anilines is 1. The van der Waals surface area contributed by atoms with Crippen molar-refractivity contribution in [2.24, 2.45) is 5.92 Å². The van der Waals surface area contributed by atoms with Crippen molar-refractivity contribution in [2.45, 2.75) is 53.0 Å². The van der Waals surface area contributed by atoms with E-state index in [0.717, 1.165) is 72.9 Å². The highest BCUT2D eigenvalue weighted by Gasteiger charge is 2.24. The number of methoxy groups -OCH3 is 1. The van der Waals surface area contributed by atoms with Crippen LogP contribution in [0.2, 0.25) is 0 Å². The summed E-state index contributed by atoms with van der Waals surface area (Å²) < 4.78 is 13.1. The Hall–Kier alpha value is -2.80. The SMILES string of the molecule is CC(C)C.COCCCOc1cc2c(cc1N1CCCC1)-c1cc(=O)c(C(=O)O)cn1CC2. The number of hydrogen-bond acceptors (Lipinski definition) is 5. The maximum absolute atomic E-state index is 12.3. The molecular formula is C26H36N2O5. The van der Waals surface area contributed by atoms with Crippen molar-refractivity contribution in [1.82, 2.24) is 4.57 Å². The normalized spacial score (nSPS) is 14.4. The molecule has 180 valence electrons. The van der Waals surface area contributed by atoms with Gasteiger partial charge in [-0.3, -0.25) is 4.79 Å². The fraction of sp³-hybridized carbons (Fsp3) is 0.538. The van der Waals surface area contributed by atoms with Crippen LogP contribution in [0.25, 0.3) is 11.3 Å². The molecule has 0 radical (unpaired) electrons. The van der Waals surface area contributed by atoms with Crippen LogP contribution in [0.3, 0.4) is 0 Å². The molecule has 1 fully saturated rings. The van der Waals surface area contributed by atoms with Gasteiger partial charge in [-0.1, -0.05) is 20.8 Å². The van der Waals surface area contributed by atoms with E-state index in [1.807, 2.05) is 4.57 Å². The molecule has 1 aromatic heterocycles. The molecule has 2 aliphatic rings. The van der Waals surface area contributed by atoms with Gasteiger partial charge in [0.2, 0.25) is 0 Å². The van der Waals surface area contributed by atoms with E-state index in [4.69, 9.17) is 9.47 Å². The molecule has 0 aliphatic carbocycles. The smallest absolute Gasteiger partial charge is 0.341 e. The van der Waals surface area contributed by atoms with Crippen LogP contribution in [0.15, 0.2) is 29.2 Å². The summed E-state index contributed by atoms with van der Waals surface area (Å²) in [6.07, 6.45) is 5.35. The van der Waals surface area contributed by atoms with Crippen LogP contribution in [0, 0.1) is 5.92 Å². The Morgan fingerprint density at radius 3 is 2.42 bits per heavy atom. The zero-order chi connectivity index (χ0) is 24.0.